The molecule has 1 heterocycles. The fraction of sp³-hybridized carbons (Fsp3) is 0.533. The first-order valence-corrected chi connectivity index (χ1v) is 6.75. The molecule has 96 valence electrons. The lowest BCUT2D eigenvalue weighted by Gasteiger charge is -2.38. The number of benzene rings is 1. The molecule has 0 amide bonds. The van der Waals surface area contributed by atoms with E-state index in [4.69, 9.17) is 16.3 Å². The van der Waals surface area contributed by atoms with Crippen molar-refractivity contribution in [2.24, 2.45) is 0 Å². The van der Waals surface area contributed by atoms with Crippen molar-refractivity contribution in [3.63, 3.8) is 0 Å². The molecule has 2 aliphatic rings. The Morgan fingerprint density at radius 1 is 1.33 bits per heavy atom. The monoisotopic (exact) mass is 264 g/mol. The summed E-state index contributed by atoms with van der Waals surface area (Å²) in [6.07, 6.45) is 3.35. The molecule has 0 unspecified atom stereocenters. The third-order valence-corrected chi connectivity index (χ3v) is 4.30. The van der Waals surface area contributed by atoms with Gasteiger partial charge in [-0.2, -0.15) is 0 Å². The molecular formula is C15H17ClO2. The zero-order valence-corrected chi connectivity index (χ0v) is 11.7. The van der Waals surface area contributed by atoms with E-state index in [0.29, 0.717) is 10.6 Å². The lowest BCUT2D eigenvalue weighted by atomic mass is 9.81. The van der Waals surface area contributed by atoms with Crippen molar-refractivity contribution in [3.8, 4) is 5.75 Å². The Morgan fingerprint density at radius 2 is 2.00 bits per heavy atom. The molecule has 1 saturated carbocycles. The van der Waals surface area contributed by atoms with Crippen LogP contribution < -0.4 is 4.74 Å². The number of ether oxygens (including phenoxy) is 1. The second-order valence-corrected chi connectivity index (χ2v) is 6.62. The Kier molecular flexibility index (Phi) is 2.34. The molecule has 1 aliphatic carbocycles. The minimum absolute atomic E-state index is 0.0559. The third kappa shape index (κ3) is 1.74. The van der Waals surface area contributed by atoms with Crippen LogP contribution in [-0.2, 0) is 5.41 Å². The molecule has 1 fully saturated rings. The summed E-state index contributed by atoms with van der Waals surface area (Å²) in [6.45, 7) is 5.78. The molecule has 0 bridgehead atoms. The van der Waals surface area contributed by atoms with Crippen LogP contribution >= 0.6 is 11.6 Å². The lowest BCUT2D eigenvalue weighted by Crippen LogP contribution is -2.38. The minimum Gasteiger partial charge on any atom is -0.486 e. The maximum atomic E-state index is 11.5. The normalized spacial score (nSPS) is 22.2. The molecule has 0 radical (unpaired) electrons. The van der Waals surface area contributed by atoms with Crippen LogP contribution in [0.15, 0.2) is 12.1 Å². The van der Waals surface area contributed by atoms with E-state index >= 15 is 0 Å². The summed E-state index contributed by atoms with van der Waals surface area (Å²) < 4.78 is 6.02. The van der Waals surface area contributed by atoms with Gasteiger partial charge in [0.1, 0.15) is 11.4 Å². The Bertz CT molecular complexity index is 542. The van der Waals surface area contributed by atoms with Crippen molar-refractivity contribution in [2.45, 2.75) is 51.0 Å². The first kappa shape index (κ1) is 12.0. The third-order valence-electron chi connectivity index (χ3n) is 4.02. The van der Waals surface area contributed by atoms with Gasteiger partial charge in [0.2, 0.25) is 0 Å². The molecule has 3 rings (SSSR count). The predicted molar refractivity (Wildman–Crippen MR) is 71.7 cm³/mol. The van der Waals surface area contributed by atoms with Gasteiger partial charge in [-0.25, -0.2) is 0 Å². The molecule has 0 saturated heterocycles. The summed E-state index contributed by atoms with van der Waals surface area (Å²) in [7, 11) is 0. The molecule has 3 heteroatoms. The zero-order chi connectivity index (χ0) is 13.1. The highest BCUT2D eigenvalue weighted by Crippen LogP contribution is 2.60. The first-order valence-electron chi connectivity index (χ1n) is 6.37. The van der Waals surface area contributed by atoms with Crippen LogP contribution in [0.1, 0.15) is 56.0 Å². The van der Waals surface area contributed by atoms with E-state index in [1.54, 1.807) is 13.0 Å². The number of hydrogen-bond acceptors (Lipinski definition) is 2. The second kappa shape index (κ2) is 3.51. The summed E-state index contributed by atoms with van der Waals surface area (Å²) in [5.74, 6) is 0.843. The molecule has 1 spiro atoms. The number of Topliss-reactive ketones (excluding diaryl/α,β-unsaturated/α-hetero) is 1. The highest BCUT2D eigenvalue weighted by Gasteiger charge is 2.53. The maximum Gasteiger partial charge on any atom is 0.159 e. The molecule has 2 nitrogen and oxygen atoms in total. The summed E-state index contributed by atoms with van der Waals surface area (Å²) in [5.41, 5.74) is 1.85. The number of carbonyl (C=O) groups excluding carboxylic acids is 1. The van der Waals surface area contributed by atoms with Gasteiger partial charge in [-0.1, -0.05) is 11.6 Å². The summed E-state index contributed by atoms with van der Waals surface area (Å²) >= 11 is 6.30. The van der Waals surface area contributed by atoms with Gasteiger partial charge in [0.25, 0.3) is 0 Å². The fourth-order valence-corrected chi connectivity index (χ4v) is 3.37. The largest absolute Gasteiger partial charge is 0.486 e. The van der Waals surface area contributed by atoms with Crippen molar-refractivity contribution in [1.29, 1.82) is 0 Å². The molecule has 0 aromatic heterocycles. The summed E-state index contributed by atoms with van der Waals surface area (Å²) in [6, 6.07) is 3.70. The fourth-order valence-electron chi connectivity index (χ4n) is 3.11. The lowest BCUT2D eigenvalue weighted by molar-refractivity contribution is 0.0671. The number of halogens is 1. The zero-order valence-electron chi connectivity index (χ0n) is 11.0. The van der Waals surface area contributed by atoms with Gasteiger partial charge in [-0.3, -0.25) is 4.79 Å². The number of carbonyl (C=O) groups is 1. The van der Waals surface area contributed by atoms with Crippen molar-refractivity contribution in [3.05, 3.63) is 28.3 Å². The van der Waals surface area contributed by atoms with Crippen molar-refractivity contribution >= 4 is 17.4 Å². The standard InChI is InChI=1S/C15H17ClO2/c1-9(17)10-6-11-13(12(16)7-10)18-14(2,3)8-15(11)4-5-15/h6-7H,4-5,8H2,1-3H3. The molecule has 1 aromatic rings. The van der Waals surface area contributed by atoms with E-state index in [1.165, 1.54) is 12.8 Å². The average Bonchev–Trinajstić information content (AvgIpc) is 2.98. The summed E-state index contributed by atoms with van der Waals surface area (Å²) in [4.78, 5) is 11.5. The first-order chi connectivity index (χ1) is 8.33. The number of ketones is 1. The van der Waals surface area contributed by atoms with Crippen molar-refractivity contribution in [1.82, 2.24) is 0 Å². The van der Waals surface area contributed by atoms with Crippen LogP contribution in [0, 0.1) is 0 Å². The van der Waals surface area contributed by atoms with Gasteiger partial charge in [0, 0.05) is 16.5 Å². The van der Waals surface area contributed by atoms with Crippen LogP contribution in [0.4, 0.5) is 0 Å². The Balaban J connectivity index is 2.19. The Labute approximate surface area is 112 Å². The van der Waals surface area contributed by atoms with Gasteiger partial charge >= 0.3 is 0 Å². The Morgan fingerprint density at radius 3 is 2.56 bits per heavy atom. The van der Waals surface area contributed by atoms with E-state index in [-0.39, 0.29) is 16.8 Å². The molecule has 1 aromatic carbocycles. The molecule has 0 atom stereocenters. The van der Waals surface area contributed by atoms with Gasteiger partial charge in [-0.15, -0.1) is 0 Å². The van der Waals surface area contributed by atoms with Gasteiger partial charge in [0.05, 0.1) is 5.02 Å². The van der Waals surface area contributed by atoms with Crippen molar-refractivity contribution < 1.29 is 9.53 Å². The van der Waals surface area contributed by atoms with Crippen LogP contribution in [0.2, 0.25) is 5.02 Å². The van der Waals surface area contributed by atoms with Gasteiger partial charge in [0.15, 0.2) is 5.78 Å². The average molecular weight is 265 g/mol. The van der Waals surface area contributed by atoms with Gasteiger partial charge < -0.3 is 4.74 Å². The number of fused-ring (bicyclic) bond motifs is 2. The van der Waals surface area contributed by atoms with E-state index in [0.717, 1.165) is 17.7 Å². The van der Waals surface area contributed by atoms with Crippen LogP contribution in [-0.4, -0.2) is 11.4 Å². The maximum absolute atomic E-state index is 11.5. The van der Waals surface area contributed by atoms with Crippen LogP contribution in [0.25, 0.3) is 0 Å². The summed E-state index contributed by atoms with van der Waals surface area (Å²) in [5, 5.41) is 0.566. The molecule has 1 aliphatic heterocycles. The number of rotatable bonds is 1. The van der Waals surface area contributed by atoms with E-state index in [9.17, 15) is 4.79 Å². The number of hydrogen-bond donors (Lipinski definition) is 0. The smallest absolute Gasteiger partial charge is 0.159 e. The SMILES string of the molecule is CC(=O)c1cc(Cl)c2c(c1)C1(CC1)CC(C)(C)O2. The van der Waals surface area contributed by atoms with Crippen LogP contribution in [0.3, 0.4) is 0 Å². The molecular weight excluding hydrogens is 248 g/mol. The predicted octanol–water partition coefficient (Wildman–Crippen LogP) is 4.14. The highest BCUT2D eigenvalue weighted by atomic mass is 35.5. The van der Waals surface area contributed by atoms with E-state index in [2.05, 4.69) is 13.8 Å². The second-order valence-electron chi connectivity index (χ2n) is 6.21. The van der Waals surface area contributed by atoms with Crippen LogP contribution in [0.5, 0.6) is 5.75 Å². The quantitative estimate of drug-likeness (QED) is 0.713. The van der Waals surface area contributed by atoms with E-state index in [1.807, 2.05) is 6.07 Å². The van der Waals surface area contributed by atoms with E-state index < -0.39 is 0 Å². The topological polar surface area (TPSA) is 26.3 Å². The van der Waals surface area contributed by atoms with Crippen molar-refractivity contribution in [2.75, 3.05) is 0 Å². The minimum atomic E-state index is -0.176. The highest BCUT2D eigenvalue weighted by molar-refractivity contribution is 6.32. The molecule has 0 N–H and O–H groups in total. The molecule has 18 heavy (non-hydrogen) atoms. The van der Waals surface area contributed by atoms with Gasteiger partial charge in [-0.05, 0) is 52.2 Å². The Hall–Kier alpha value is -1.02.